The molecule has 0 aromatic carbocycles. The summed E-state index contributed by atoms with van der Waals surface area (Å²) in [7, 11) is 0. The average molecular weight is 1150 g/mol. The number of nitrogens with one attached hydrogen (secondary N) is 1. The molecule has 0 rings (SSSR count). The maximum Gasteiger partial charge on any atom is 0.305 e. The fraction of sp³-hybridized carbons (Fsp3) is 0.895. The molecule has 6 heteroatoms. The number of esters is 1. The third-order valence-electron chi connectivity index (χ3n) is 17.4. The van der Waals surface area contributed by atoms with Crippen LogP contribution < -0.4 is 5.32 Å². The first kappa shape index (κ1) is 80.1. The summed E-state index contributed by atoms with van der Waals surface area (Å²) in [6.07, 6.45) is 92.4. The van der Waals surface area contributed by atoms with E-state index in [1.165, 1.54) is 340 Å². The monoisotopic (exact) mass is 1150 g/mol. The highest BCUT2D eigenvalue weighted by molar-refractivity contribution is 5.76. The fourth-order valence-electron chi connectivity index (χ4n) is 11.7. The van der Waals surface area contributed by atoms with Crippen molar-refractivity contribution in [2.75, 3.05) is 13.2 Å². The summed E-state index contributed by atoms with van der Waals surface area (Å²) in [6, 6.07) is -0.628. The van der Waals surface area contributed by atoms with Crippen molar-refractivity contribution in [3.63, 3.8) is 0 Å². The highest BCUT2D eigenvalue weighted by Gasteiger charge is 2.18. The summed E-state index contributed by atoms with van der Waals surface area (Å²) >= 11 is 0. The zero-order chi connectivity index (χ0) is 59.2. The van der Waals surface area contributed by atoms with E-state index in [9.17, 15) is 19.8 Å². The zero-order valence-corrected chi connectivity index (χ0v) is 55.5. The molecule has 0 bridgehead atoms. The van der Waals surface area contributed by atoms with Crippen molar-refractivity contribution in [1.82, 2.24) is 5.32 Å². The quantitative estimate of drug-likeness (QED) is 0.0320. The molecule has 0 aromatic rings. The number of allylic oxidation sites excluding steroid dienone is 5. The number of amides is 1. The summed E-state index contributed by atoms with van der Waals surface area (Å²) < 4.78 is 5.49. The molecule has 0 saturated carbocycles. The van der Waals surface area contributed by atoms with E-state index >= 15 is 0 Å². The number of aliphatic hydroxyl groups excluding tert-OH is 2. The summed E-state index contributed by atoms with van der Waals surface area (Å²) in [5.74, 6) is -0.0533. The van der Waals surface area contributed by atoms with Crippen LogP contribution in [0.25, 0.3) is 0 Å². The van der Waals surface area contributed by atoms with Crippen LogP contribution in [0.2, 0.25) is 0 Å². The van der Waals surface area contributed by atoms with Gasteiger partial charge in [0.05, 0.1) is 25.4 Å². The average Bonchev–Trinajstić information content (AvgIpc) is 3.48. The number of ether oxygens (including phenoxy) is 1. The van der Waals surface area contributed by atoms with E-state index in [4.69, 9.17) is 4.74 Å². The van der Waals surface area contributed by atoms with Crippen molar-refractivity contribution in [1.29, 1.82) is 0 Å². The third-order valence-corrected chi connectivity index (χ3v) is 17.4. The standard InChI is InChI=1S/C76H145NO5/c1-3-5-7-9-11-13-15-17-19-20-21-34-37-41-44-48-52-56-60-64-68-74(79)73(72-78)77-75(80)69-65-61-57-53-49-45-42-38-35-32-30-28-26-24-22-23-25-27-29-31-33-36-39-43-47-51-55-59-63-67-71-82-76(81)70-66-62-58-54-50-46-40-18-16-14-12-10-8-6-4-2/h18,23,25,40,64,68,73-74,78-79H,3-17,19-22,24,26-39,41-63,65-67,69-72H2,1-2H3,(H,77,80)/b25-23-,40-18-,68-64+. The lowest BCUT2D eigenvalue weighted by Crippen LogP contribution is -2.45. The van der Waals surface area contributed by atoms with Gasteiger partial charge >= 0.3 is 5.97 Å². The Morgan fingerprint density at radius 1 is 0.329 bits per heavy atom. The molecule has 2 unspecified atom stereocenters. The second kappa shape index (κ2) is 71.6. The molecule has 0 aliphatic carbocycles. The molecule has 0 aliphatic heterocycles. The molecule has 2 atom stereocenters. The van der Waals surface area contributed by atoms with Crippen LogP contribution in [0, 0.1) is 0 Å². The summed E-state index contributed by atoms with van der Waals surface area (Å²) in [5, 5.41) is 23.3. The minimum absolute atomic E-state index is 0.00941. The fourth-order valence-corrected chi connectivity index (χ4v) is 11.7. The lowest BCUT2D eigenvalue weighted by atomic mass is 10.0. The first-order valence-electron chi connectivity index (χ1n) is 37.3. The first-order chi connectivity index (χ1) is 40.5. The molecule has 82 heavy (non-hydrogen) atoms. The molecule has 0 aliphatic rings. The van der Waals surface area contributed by atoms with Gasteiger partial charge < -0.3 is 20.3 Å². The van der Waals surface area contributed by atoms with Crippen LogP contribution in [0.3, 0.4) is 0 Å². The van der Waals surface area contributed by atoms with Crippen LogP contribution in [0.5, 0.6) is 0 Å². The lowest BCUT2D eigenvalue weighted by Gasteiger charge is -2.20. The second-order valence-electron chi connectivity index (χ2n) is 25.6. The highest BCUT2D eigenvalue weighted by atomic mass is 16.5. The number of carbonyl (C=O) groups excluding carboxylic acids is 2. The van der Waals surface area contributed by atoms with Gasteiger partial charge in [-0.25, -0.2) is 0 Å². The Labute approximate surface area is 513 Å². The molecular formula is C76H145NO5. The highest BCUT2D eigenvalue weighted by Crippen LogP contribution is 2.19. The van der Waals surface area contributed by atoms with Crippen LogP contribution >= 0.6 is 0 Å². The number of unbranched alkanes of at least 4 members (excludes halogenated alkanes) is 55. The van der Waals surface area contributed by atoms with Crippen LogP contribution in [-0.4, -0.2) is 47.4 Å². The predicted octanol–water partition coefficient (Wildman–Crippen LogP) is 24.3. The van der Waals surface area contributed by atoms with Gasteiger partial charge in [0, 0.05) is 12.8 Å². The van der Waals surface area contributed by atoms with Crippen molar-refractivity contribution >= 4 is 11.9 Å². The smallest absolute Gasteiger partial charge is 0.305 e. The summed E-state index contributed by atoms with van der Waals surface area (Å²) in [4.78, 5) is 24.6. The van der Waals surface area contributed by atoms with E-state index < -0.39 is 12.1 Å². The van der Waals surface area contributed by atoms with Gasteiger partial charge in [-0.1, -0.05) is 352 Å². The van der Waals surface area contributed by atoms with E-state index in [2.05, 4.69) is 43.5 Å². The van der Waals surface area contributed by atoms with Gasteiger partial charge in [-0.15, -0.1) is 0 Å². The van der Waals surface area contributed by atoms with Crippen molar-refractivity contribution in [3.8, 4) is 0 Å². The number of hydrogen-bond acceptors (Lipinski definition) is 5. The molecule has 1 amide bonds. The molecular weight excluding hydrogens is 1010 g/mol. The van der Waals surface area contributed by atoms with Gasteiger partial charge in [-0.05, 0) is 83.5 Å². The third kappa shape index (κ3) is 67.2. The number of carbonyl (C=O) groups is 2. The molecule has 0 heterocycles. The lowest BCUT2D eigenvalue weighted by molar-refractivity contribution is -0.143. The Bertz CT molecular complexity index is 1330. The Balaban J connectivity index is 3.39. The van der Waals surface area contributed by atoms with E-state index in [0.717, 1.165) is 44.9 Å². The van der Waals surface area contributed by atoms with Crippen molar-refractivity contribution in [3.05, 3.63) is 36.5 Å². The summed E-state index contributed by atoms with van der Waals surface area (Å²) in [5.41, 5.74) is 0. The largest absolute Gasteiger partial charge is 0.466 e. The topological polar surface area (TPSA) is 95.9 Å². The molecule has 0 fully saturated rings. The normalized spacial score (nSPS) is 12.7. The molecule has 0 spiro atoms. The van der Waals surface area contributed by atoms with Gasteiger partial charge in [0.2, 0.25) is 5.91 Å². The van der Waals surface area contributed by atoms with Gasteiger partial charge in [-0.2, -0.15) is 0 Å². The molecule has 0 radical (unpaired) electrons. The number of hydrogen-bond donors (Lipinski definition) is 3. The SMILES string of the molecule is CCCCCCCC/C=C\CCCCCCCC(=O)OCCCCCCCCCCCCCC/C=C\CCCCCCCCCCCCCCCCC(=O)NC(CO)C(O)/C=C/CCCCCCCCCCCCCCCCCCCC. The Kier molecular flexibility index (Phi) is 69.9. The maximum absolute atomic E-state index is 12.5. The van der Waals surface area contributed by atoms with Gasteiger partial charge in [-0.3, -0.25) is 9.59 Å². The predicted molar refractivity (Wildman–Crippen MR) is 361 cm³/mol. The Morgan fingerprint density at radius 3 is 0.866 bits per heavy atom. The zero-order valence-electron chi connectivity index (χ0n) is 55.5. The van der Waals surface area contributed by atoms with Crippen molar-refractivity contribution in [2.24, 2.45) is 0 Å². The van der Waals surface area contributed by atoms with Crippen molar-refractivity contribution < 1.29 is 24.5 Å². The number of rotatable bonds is 70. The maximum atomic E-state index is 12.5. The van der Waals surface area contributed by atoms with E-state index in [-0.39, 0.29) is 18.5 Å². The van der Waals surface area contributed by atoms with Gasteiger partial charge in [0.1, 0.15) is 0 Å². The van der Waals surface area contributed by atoms with Gasteiger partial charge in [0.15, 0.2) is 0 Å². The molecule has 0 aromatic heterocycles. The van der Waals surface area contributed by atoms with Crippen molar-refractivity contribution in [2.45, 2.75) is 424 Å². The van der Waals surface area contributed by atoms with Gasteiger partial charge in [0.25, 0.3) is 0 Å². The molecule has 0 saturated heterocycles. The molecule has 484 valence electrons. The Morgan fingerprint density at radius 2 is 0.573 bits per heavy atom. The van der Waals surface area contributed by atoms with Crippen LogP contribution in [0.15, 0.2) is 36.5 Å². The summed E-state index contributed by atoms with van der Waals surface area (Å²) in [6.45, 7) is 4.93. The van der Waals surface area contributed by atoms with Crippen LogP contribution in [0.4, 0.5) is 0 Å². The number of aliphatic hydroxyl groups is 2. The van der Waals surface area contributed by atoms with E-state index in [0.29, 0.717) is 19.4 Å². The van der Waals surface area contributed by atoms with E-state index in [1.54, 1.807) is 6.08 Å². The second-order valence-corrected chi connectivity index (χ2v) is 25.6. The molecule has 6 nitrogen and oxygen atoms in total. The molecule has 3 N–H and O–H groups in total. The Hall–Kier alpha value is -1.92. The van der Waals surface area contributed by atoms with Crippen LogP contribution in [0.1, 0.15) is 412 Å². The minimum Gasteiger partial charge on any atom is -0.466 e. The van der Waals surface area contributed by atoms with E-state index in [1.807, 2.05) is 6.08 Å². The minimum atomic E-state index is -0.845. The first-order valence-corrected chi connectivity index (χ1v) is 37.3. The van der Waals surface area contributed by atoms with Crippen LogP contribution in [-0.2, 0) is 14.3 Å².